The van der Waals surface area contributed by atoms with Crippen LogP contribution in [0.15, 0.2) is 11.6 Å². The number of carboxylic acids is 1. The van der Waals surface area contributed by atoms with E-state index >= 15 is 0 Å². The highest BCUT2D eigenvalue weighted by molar-refractivity contribution is 7.09. The molecule has 2 N–H and O–H groups in total. The Hall–Kier alpha value is -2.29. The molecule has 0 saturated heterocycles. The minimum Gasteiger partial charge on any atom is -0.476 e. The van der Waals surface area contributed by atoms with Crippen molar-refractivity contribution in [3.63, 3.8) is 0 Å². The number of carboxylic acid groups (broad SMARTS) is 1. The number of carbonyl (C=O) groups is 2. The average molecular weight is 323 g/mol. The van der Waals surface area contributed by atoms with E-state index in [4.69, 9.17) is 5.11 Å². The first-order valence-corrected chi connectivity index (χ1v) is 7.68. The zero-order chi connectivity index (χ0) is 16.1. The van der Waals surface area contributed by atoms with Gasteiger partial charge in [-0.15, -0.1) is 16.4 Å². The van der Waals surface area contributed by atoms with Gasteiger partial charge in [-0.05, 0) is 0 Å². The van der Waals surface area contributed by atoms with Crippen LogP contribution in [0.1, 0.15) is 41.0 Å². The number of thiazole rings is 1. The Labute approximate surface area is 131 Å². The van der Waals surface area contributed by atoms with Gasteiger partial charge in [-0.25, -0.2) is 14.5 Å². The fraction of sp³-hybridized carbons (Fsp3) is 0.462. The lowest BCUT2D eigenvalue weighted by Gasteiger charge is -2.03. The number of carbonyl (C=O) groups excluding carboxylic acids is 1. The van der Waals surface area contributed by atoms with Crippen molar-refractivity contribution in [3.8, 4) is 0 Å². The van der Waals surface area contributed by atoms with E-state index in [1.807, 2.05) is 5.38 Å². The molecule has 8 nitrogen and oxygen atoms in total. The Morgan fingerprint density at radius 2 is 2.23 bits per heavy atom. The summed E-state index contributed by atoms with van der Waals surface area (Å²) in [7, 11) is 0. The summed E-state index contributed by atoms with van der Waals surface area (Å²) in [6, 6.07) is 0. The molecule has 0 saturated carbocycles. The molecule has 0 aliphatic heterocycles. The molecule has 0 atom stereocenters. The average Bonchev–Trinajstić information content (AvgIpc) is 3.07. The smallest absolute Gasteiger partial charge is 0.358 e. The highest BCUT2D eigenvalue weighted by atomic mass is 32.1. The van der Waals surface area contributed by atoms with Gasteiger partial charge in [-0.2, -0.15) is 0 Å². The highest BCUT2D eigenvalue weighted by Crippen LogP contribution is 2.19. The fourth-order valence-corrected chi connectivity index (χ4v) is 2.58. The van der Waals surface area contributed by atoms with Gasteiger partial charge < -0.3 is 10.4 Å². The minimum atomic E-state index is -1.17. The van der Waals surface area contributed by atoms with Gasteiger partial charge in [-0.1, -0.05) is 19.1 Å². The van der Waals surface area contributed by atoms with Crippen molar-refractivity contribution in [3.05, 3.63) is 28.0 Å². The molecule has 2 aromatic rings. The first-order chi connectivity index (χ1) is 10.5. The second-order valence-electron chi connectivity index (χ2n) is 5.04. The molecule has 0 bridgehead atoms. The van der Waals surface area contributed by atoms with Gasteiger partial charge in [0.25, 0.3) is 0 Å². The number of nitrogens with one attached hydrogen (secondary N) is 1. The van der Waals surface area contributed by atoms with Crippen molar-refractivity contribution < 1.29 is 14.7 Å². The lowest BCUT2D eigenvalue weighted by Crippen LogP contribution is -2.29. The Morgan fingerprint density at radius 1 is 1.45 bits per heavy atom. The summed E-state index contributed by atoms with van der Waals surface area (Å²) in [4.78, 5) is 26.9. The molecule has 1 amide bonds. The Kier molecular flexibility index (Phi) is 5.21. The number of nitrogens with zero attached hydrogens (tertiary/aromatic N) is 4. The molecule has 0 spiro atoms. The van der Waals surface area contributed by atoms with Crippen molar-refractivity contribution in [1.82, 2.24) is 25.3 Å². The van der Waals surface area contributed by atoms with Gasteiger partial charge in [0.1, 0.15) is 6.54 Å². The number of amides is 1. The molecule has 0 aromatic carbocycles. The summed E-state index contributed by atoms with van der Waals surface area (Å²) < 4.78 is 1.19. The van der Waals surface area contributed by atoms with Crippen molar-refractivity contribution in [1.29, 1.82) is 0 Å². The largest absolute Gasteiger partial charge is 0.476 e. The van der Waals surface area contributed by atoms with Crippen LogP contribution >= 0.6 is 11.3 Å². The second-order valence-corrected chi connectivity index (χ2v) is 5.93. The lowest BCUT2D eigenvalue weighted by molar-refractivity contribution is -0.121. The Bertz CT molecular complexity index is 664. The van der Waals surface area contributed by atoms with Crippen LogP contribution in [0.5, 0.6) is 0 Å². The van der Waals surface area contributed by atoms with E-state index in [1.54, 1.807) is 11.3 Å². The molecular formula is C13H17N5O3S. The molecule has 22 heavy (non-hydrogen) atoms. The van der Waals surface area contributed by atoms with Gasteiger partial charge in [0.15, 0.2) is 5.69 Å². The monoisotopic (exact) mass is 323 g/mol. The quantitative estimate of drug-likeness (QED) is 0.784. The van der Waals surface area contributed by atoms with Crippen LogP contribution in [-0.2, 0) is 17.8 Å². The van der Waals surface area contributed by atoms with Crippen LogP contribution in [0, 0.1) is 0 Å². The SMILES string of the molecule is CC(C)c1nc(CCNC(=O)Cn2cc(C(=O)O)nn2)cs1. The van der Waals surface area contributed by atoms with E-state index in [-0.39, 0.29) is 18.1 Å². The van der Waals surface area contributed by atoms with Crippen LogP contribution in [-0.4, -0.2) is 43.5 Å². The van der Waals surface area contributed by atoms with Crippen molar-refractivity contribution in [2.45, 2.75) is 32.7 Å². The number of hydrogen-bond donors (Lipinski definition) is 2. The molecule has 118 valence electrons. The molecule has 0 aliphatic rings. The maximum atomic E-state index is 11.7. The van der Waals surface area contributed by atoms with Crippen LogP contribution in [0.3, 0.4) is 0 Å². The van der Waals surface area contributed by atoms with Crippen LogP contribution < -0.4 is 5.32 Å². The molecule has 0 aliphatic carbocycles. The van der Waals surface area contributed by atoms with E-state index in [2.05, 4.69) is 34.5 Å². The van der Waals surface area contributed by atoms with Gasteiger partial charge in [0.2, 0.25) is 5.91 Å². The van der Waals surface area contributed by atoms with Crippen molar-refractivity contribution in [2.75, 3.05) is 6.54 Å². The number of aromatic carboxylic acids is 1. The standard InChI is InChI=1S/C13H17N5O3S/c1-8(2)12-15-9(7-22-12)3-4-14-11(19)6-18-5-10(13(20)21)16-17-18/h5,7-8H,3-4,6H2,1-2H3,(H,14,19)(H,20,21). The fourth-order valence-electron chi connectivity index (χ4n) is 1.71. The maximum Gasteiger partial charge on any atom is 0.358 e. The van der Waals surface area contributed by atoms with Crippen LogP contribution in [0.25, 0.3) is 0 Å². The van der Waals surface area contributed by atoms with Gasteiger partial charge >= 0.3 is 5.97 Å². The first-order valence-electron chi connectivity index (χ1n) is 6.80. The molecule has 2 aromatic heterocycles. The van der Waals surface area contributed by atoms with Gasteiger partial charge in [-0.3, -0.25) is 4.79 Å². The molecule has 0 unspecified atom stereocenters. The summed E-state index contributed by atoms with van der Waals surface area (Å²) in [5.41, 5.74) is 0.777. The molecule has 0 radical (unpaired) electrons. The molecule has 2 rings (SSSR count). The highest BCUT2D eigenvalue weighted by Gasteiger charge is 2.11. The van der Waals surface area contributed by atoms with E-state index < -0.39 is 5.97 Å². The predicted octanol–water partition coefficient (Wildman–Crippen LogP) is 0.915. The third-order valence-corrected chi connectivity index (χ3v) is 4.02. The molecule has 9 heteroatoms. The summed E-state index contributed by atoms with van der Waals surface area (Å²) in [5.74, 6) is -1.01. The minimum absolute atomic E-state index is 0.0609. The zero-order valence-electron chi connectivity index (χ0n) is 12.3. The van der Waals surface area contributed by atoms with E-state index in [0.717, 1.165) is 10.7 Å². The first kappa shape index (κ1) is 16.1. The molecule has 2 heterocycles. The Balaban J connectivity index is 1.76. The third-order valence-electron chi connectivity index (χ3n) is 2.83. The van der Waals surface area contributed by atoms with Crippen LogP contribution in [0.2, 0.25) is 0 Å². The number of hydrogen-bond acceptors (Lipinski definition) is 6. The lowest BCUT2D eigenvalue weighted by atomic mass is 10.2. The maximum absolute atomic E-state index is 11.7. The summed E-state index contributed by atoms with van der Waals surface area (Å²) in [6.45, 7) is 4.59. The van der Waals surface area contributed by atoms with Crippen molar-refractivity contribution >= 4 is 23.2 Å². The Morgan fingerprint density at radius 3 is 2.82 bits per heavy atom. The van der Waals surface area contributed by atoms with Gasteiger partial charge in [0, 0.05) is 24.3 Å². The summed E-state index contributed by atoms with van der Waals surface area (Å²) >= 11 is 1.62. The zero-order valence-corrected chi connectivity index (χ0v) is 13.1. The van der Waals surface area contributed by atoms with Crippen molar-refractivity contribution in [2.24, 2.45) is 0 Å². The van der Waals surface area contributed by atoms with E-state index in [9.17, 15) is 9.59 Å². The number of rotatable bonds is 7. The van der Waals surface area contributed by atoms with E-state index in [1.165, 1.54) is 10.9 Å². The van der Waals surface area contributed by atoms with Crippen LogP contribution in [0.4, 0.5) is 0 Å². The number of aromatic nitrogens is 4. The predicted molar refractivity (Wildman–Crippen MR) is 79.9 cm³/mol. The topological polar surface area (TPSA) is 110 Å². The molecular weight excluding hydrogens is 306 g/mol. The second kappa shape index (κ2) is 7.12. The van der Waals surface area contributed by atoms with Gasteiger partial charge in [0.05, 0.1) is 16.9 Å². The normalized spacial score (nSPS) is 10.9. The molecule has 0 fully saturated rings. The third kappa shape index (κ3) is 4.35. The summed E-state index contributed by atoms with van der Waals surface area (Å²) in [5, 5.41) is 21.6. The van der Waals surface area contributed by atoms with E-state index in [0.29, 0.717) is 18.9 Å². The summed E-state index contributed by atoms with van der Waals surface area (Å²) in [6.07, 6.45) is 1.88.